The molecule has 2 aromatic heterocycles. The first-order chi connectivity index (χ1) is 14.8. The second-order valence-electron chi connectivity index (χ2n) is 7.62. The molecule has 5 rings (SSSR count). The first-order valence-electron chi connectivity index (χ1n) is 9.60. The highest BCUT2D eigenvalue weighted by Crippen LogP contribution is 2.44. The maximum Gasteiger partial charge on any atom is 0.347 e. The van der Waals surface area contributed by atoms with Crippen LogP contribution in [-0.4, -0.2) is 40.1 Å². The third kappa shape index (κ3) is 2.29. The van der Waals surface area contributed by atoms with Crippen molar-refractivity contribution in [1.82, 2.24) is 27.9 Å². The highest BCUT2D eigenvalue weighted by atomic mass is 16.5. The fourth-order valence-corrected chi connectivity index (χ4v) is 4.62. The van der Waals surface area contributed by atoms with E-state index in [4.69, 9.17) is 4.74 Å². The zero-order chi connectivity index (χ0) is 22.2. The van der Waals surface area contributed by atoms with Crippen LogP contribution in [0.4, 0.5) is 0 Å². The molecule has 0 aliphatic carbocycles. The lowest BCUT2D eigenvalue weighted by Gasteiger charge is -2.38. The van der Waals surface area contributed by atoms with Crippen LogP contribution in [0, 0.1) is 0 Å². The van der Waals surface area contributed by atoms with Crippen LogP contribution >= 0.6 is 0 Å². The van der Waals surface area contributed by atoms with Gasteiger partial charge in [0, 0.05) is 14.1 Å². The second kappa shape index (κ2) is 6.27. The summed E-state index contributed by atoms with van der Waals surface area (Å²) in [5, 5.41) is 10.7. The van der Waals surface area contributed by atoms with Crippen LogP contribution in [0.1, 0.15) is 17.6 Å². The van der Waals surface area contributed by atoms with Gasteiger partial charge in [0.25, 0.3) is 0 Å². The SMILES string of the molecule is COc1cccc(O)c1[C@H]1C2=CCn3c(=O)n(C)c(=O)n3[C@@H]2Cn2c(=O)n(C)c(=O)n21. The average Bonchev–Trinajstić information content (AvgIpc) is 3.12. The Kier molecular flexibility index (Phi) is 3.85. The molecule has 1 N–H and O–H groups in total. The molecule has 0 spiro atoms. The third-order valence-electron chi connectivity index (χ3n) is 6.12. The van der Waals surface area contributed by atoms with Gasteiger partial charge in [0.1, 0.15) is 17.5 Å². The van der Waals surface area contributed by atoms with E-state index in [1.807, 2.05) is 0 Å². The highest BCUT2D eigenvalue weighted by molar-refractivity contribution is 5.50. The number of aromatic hydroxyl groups is 1. The Hall–Kier alpha value is -3.96. The molecule has 31 heavy (non-hydrogen) atoms. The van der Waals surface area contributed by atoms with E-state index in [0.29, 0.717) is 16.9 Å². The Morgan fingerprint density at radius 1 is 0.935 bits per heavy atom. The number of hydrogen-bond donors (Lipinski definition) is 1. The third-order valence-corrected chi connectivity index (χ3v) is 6.12. The zero-order valence-electron chi connectivity index (χ0n) is 17.1. The van der Waals surface area contributed by atoms with Crippen LogP contribution in [-0.2, 0) is 27.2 Å². The average molecular weight is 428 g/mol. The predicted octanol–water partition coefficient (Wildman–Crippen LogP) is -1.49. The van der Waals surface area contributed by atoms with E-state index in [-0.39, 0.29) is 18.8 Å². The molecule has 2 atom stereocenters. The summed E-state index contributed by atoms with van der Waals surface area (Å²) >= 11 is 0. The molecular formula is C19H20N6O6. The minimum atomic E-state index is -0.910. The van der Waals surface area contributed by atoms with E-state index in [2.05, 4.69) is 0 Å². The Bertz CT molecular complexity index is 1510. The number of hydrogen-bond acceptors (Lipinski definition) is 6. The predicted molar refractivity (Wildman–Crippen MR) is 108 cm³/mol. The van der Waals surface area contributed by atoms with Gasteiger partial charge in [-0.25, -0.2) is 47.0 Å². The van der Waals surface area contributed by atoms with Crippen molar-refractivity contribution in [3.63, 3.8) is 0 Å². The van der Waals surface area contributed by atoms with Crippen LogP contribution < -0.4 is 27.5 Å². The molecule has 12 nitrogen and oxygen atoms in total. The van der Waals surface area contributed by atoms with Crippen molar-refractivity contribution in [1.29, 1.82) is 0 Å². The number of allylic oxidation sites excluding steroid dienone is 2. The maximum atomic E-state index is 13.0. The van der Waals surface area contributed by atoms with E-state index in [1.54, 1.807) is 18.2 Å². The molecule has 0 amide bonds. The largest absolute Gasteiger partial charge is 0.507 e. The van der Waals surface area contributed by atoms with Gasteiger partial charge in [-0.05, 0) is 17.7 Å². The number of ether oxygens (including phenoxy) is 1. The summed E-state index contributed by atoms with van der Waals surface area (Å²) in [6.07, 6.45) is 1.76. The summed E-state index contributed by atoms with van der Waals surface area (Å²) in [5.41, 5.74) is -1.22. The van der Waals surface area contributed by atoms with Crippen LogP contribution in [0.15, 0.2) is 49.0 Å². The van der Waals surface area contributed by atoms with Gasteiger partial charge in [0.15, 0.2) is 0 Å². The van der Waals surface area contributed by atoms with Crippen LogP contribution in [0.5, 0.6) is 11.5 Å². The Morgan fingerprint density at radius 3 is 2.26 bits per heavy atom. The van der Waals surface area contributed by atoms with E-state index in [1.165, 1.54) is 46.0 Å². The van der Waals surface area contributed by atoms with Gasteiger partial charge < -0.3 is 9.84 Å². The van der Waals surface area contributed by atoms with E-state index in [9.17, 15) is 24.3 Å². The highest BCUT2D eigenvalue weighted by Gasteiger charge is 2.42. The first-order valence-corrected chi connectivity index (χ1v) is 9.60. The Balaban J connectivity index is 1.88. The minimum absolute atomic E-state index is 0.0173. The van der Waals surface area contributed by atoms with Crippen LogP contribution in [0.3, 0.4) is 0 Å². The molecule has 1 aromatic carbocycles. The lowest BCUT2D eigenvalue weighted by atomic mass is 9.89. The fraction of sp³-hybridized carbons (Fsp3) is 0.368. The number of aromatic nitrogens is 6. The minimum Gasteiger partial charge on any atom is -0.507 e. The number of fused-ring (bicyclic) bond motifs is 4. The molecule has 0 bridgehead atoms. The molecule has 0 unspecified atom stereocenters. The number of benzene rings is 1. The van der Waals surface area contributed by atoms with E-state index >= 15 is 0 Å². The summed E-state index contributed by atoms with van der Waals surface area (Å²) < 4.78 is 12.5. The standard InChI is InChI=1S/C19H20N6O6/c1-20-16(27)22-8-7-10-11(24(22)18(20)29)9-23-17(28)21(2)19(30)25(23)15(10)14-12(26)5-4-6-13(14)31-3/h4-7,11,15,26H,8-9H2,1-3H3/t11-,15-/m1/s1. The molecule has 0 saturated heterocycles. The molecule has 0 radical (unpaired) electrons. The summed E-state index contributed by atoms with van der Waals surface area (Å²) in [4.78, 5) is 51.1. The van der Waals surface area contributed by atoms with E-state index < -0.39 is 34.8 Å². The molecular weight excluding hydrogens is 408 g/mol. The van der Waals surface area contributed by atoms with Crippen molar-refractivity contribution in [3.8, 4) is 11.5 Å². The molecule has 0 fully saturated rings. The molecule has 162 valence electrons. The molecule has 4 heterocycles. The smallest absolute Gasteiger partial charge is 0.347 e. The van der Waals surface area contributed by atoms with Crippen molar-refractivity contribution in [3.05, 3.63) is 77.3 Å². The topological polar surface area (TPSA) is 127 Å². The summed E-state index contributed by atoms with van der Waals surface area (Å²) in [6.45, 7) is 0.0927. The summed E-state index contributed by atoms with van der Waals surface area (Å²) in [7, 11) is 4.19. The van der Waals surface area contributed by atoms with Gasteiger partial charge in [-0.2, -0.15) is 0 Å². The second-order valence-corrected chi connectivity index (χ2v) is 7.62. The summed E-state index contributed by atoms with van der Waals surface area (Å²) in [6, 6.07) is 3.10. The monoisotopic (exact) mass is 428 g/mol. The normalized spacial score (nSPS) is 19.4. The van der Waals surface area contributed by atoms with Gasteiger partial charge >= 0.3 is 22.8 Å². The van der Waals surface area contributed by atoms with Crippen molar-refractivity contribution in [2.75, 3.05) is 7.11 Å². The Morgan fingerprint density at radius 2 is 1.58 bits per heavy atom. The number of methoxy groups -OCH3 is 1. The lowest BCUT2D eigenvalue weighted by Crippen LogP contribution is -2.47. The first kappa shape index (κ1) is 19.0. The zero-order valence-corrected chi connectivity index (χ0v) is 17.1. The Labute approximate surface area is 173 Å². The molecule has 3 aromatic rings. The summed E-state index contributed by atoms with van der Waals surface area (Å²) in [5.74, 6) is 0.202. The lowest BCUT2D eigenvalue weighted by molar-refractivity contribution is 0.241. The van der Waals surface area contributed by atoms with Crippen molar-refractivity contribution >= 4 is 0 Å². The quantitative estimate of drug-likeness (QED) is 0.496. The molecule has 12 heteroatoms. The molecule has 0 saturated carbocycles. The van der Waals surface area contributed by atoms with Crippen molar-refractivity contribution in [2.45, 2.75) is 25.2 Å². The van der Waals surface area contributed by atoms with E-state index in [0.717, 1.165) is 9.13 Å². The molecule has 2 aliphatic heterocycles. The van der Waals surface area contributed by atoms with Gasteiger partial charge in [0.2, 0.25) is 0 Å². The fourth-order valence-electron chi connectivity index (χ4n) is 4.62. The van der Waals surface area contributed by atoms with Gasteiger partial charge in [-0.3, -0.25) is 0 Å². The number of nitrogens with zero attached hydrogens (tertiary/aromatic N) is 6. The number of phenols is 1. The number of phenolic OH excluding ortho intramolecular Hbond substituents is 1. The number of rotatable bonds is 2. The van der Waals surface area contributed by atoms with Gasteiger partial charge in [-0.15, -0.1) is 0 Å². The maximum absolute atomic E-state index is 13.0. The van der Waals surface area contributed by atoms with Crippen LogP contribution in [0.25, 0.3) is 0 Å². The van der Waals surface area contributed by atoms with Gasteiger partial charge in [0.05, 0.1) is 31.8 Å². The van der Waals surface area contributed by atoms with Crippen molar-refractivity contribution in [2.24, 2.45) is 14.1 Å². The van der Waals surface area contributed by atoms with Crippen LogP contribution in [0.2, 0.25) is 0 Å². The van der Waals surface area contributed by atoms with Gasteiger partial charge in [-0.1, -0.05) is 12.1 Å². The van der Waals surface area contributed by atoms with Crippen molar-refractivity contribution < 1.29 is 9.84 Å². The molecule has 2 aliphatic rings.